The van der Waals surface area contributed by atoms with Gasteiger partial charge in [-0.3, -0.25) is 0 Å². The van der Waals surface area contributed by atoms with E-state index >= 15 is 0 Å². The summed E-state index contributed by atoms with van der Waals surface area (Å²) in [4.78, 5) is 0. The molecule has 2 heteroatoms. The SMILES string of the molecule is CCCNC(CCCC(C)C)c1ccc(F)cc1C. The van der Waals surface area contributed by atoms with Crippen molar-refractivity contribution in [1.29, 1.82) is 0 Å². The highest BCUT2D eigenvalue weighted by Crippen LogP contribution is 2.24. The number of aryl methyl sites for hydroxylation is 1. The Morgan fingerprint density at radius 2 is 1.95 bits per heavy atom. The summed E-state index contributed by atoms with van der Waals surface area (Å²) in [5.74, 6) is 0.610. The van der Waals surface area contributed by atoms with Crippen LogP contribution in [0, 0.1) is 18.7 Å². The summed E-state index contributed by atoms with van der Waals surface area (Å²) in [5, 5.41) is 3.60. The Balaban J connectivity index is 2.71. The number of nitrogens with one attached hydrogen (secondary N) is 1. The van der Waals surface area contributed by atoms with Crippen molar-refractivity contribution in [3.05, 3.63) is 35.1 Å². The molecule has 1 aromatic carbocycles. The Morgan fingerprint density at radius 3 is 2.53 bits per heavy atom. The Kier molecular flexibility index (Phi) is 7.07. The van der Waals surface area contributed by atoms with Crippen molar-refractivity contribution in [3.8, 4) is 0 Å². The molecule has 1 nitrogen and oxygen atoms in total. The minimum atomic E-state index is -0.141. The molecule has 0 aliphatic rings. The molecule has 1 unspecified atom stereocenters. The van der Waals surface area contributed by atoms with Crippen molar-refractivity contribution < 1.29 is 4.39 Å². The number of benzene rings is 1. The first-order valence-electron chi connectivity index (χ1n) is 7.54. The number of hydrogen-bond donors (Lipinski definition) is 1. The summed E-state index contributed by atoms with van der Waals surface area (Å²) < 4.78 is 13.2. The molecule has 19 heavy (non-hydrogen) atoms. The van der Waals surface area contributed by atoms with Gasteiger partial charge in [-0.15, -0.1) is 0 Å². The monoisotopic (exact) mass is 265 g/mol. The largest absolute Gasteiger partial charge is 0.310 e. The van der Waals surface area contributed by atoms with Crippen molar-refractivity contribution in [2.24, 2.45) is 5.92 Å². The lowest BCUT2D eigenvalue weighted by Crippen LogP contribution is -2.23. The molecule has 1 aromatic rings. The van der Waals surface area contributed by atoms with E-state index in [1.54, 1.807) is 12.1 Å². The predicted octanol–water partition coefficient (Wildman–Crippen LogP) is 5.00. The first-order valence-corrected chi connectivity index (χ1v) is 7.54. The smallest absolute Gasteiger partial charge is 0.123 e. The highest BCUT2D eigenvalue weighted by molar-refractivity contribution is 5.29. The zero-order valence-corrected chi connectivity index (χ0v) is 12.8. The van der Waals surface area contributed by atoms with Gasteiger partial charge in [0.05, 0.1) is 0 Å². The maximum absolute atomic E-state index is 13.2. The lowest BCUT2D eigenvalue weighted by Gasteiger charge is -2.21. The average molecular weight is 265 g/mol. The van der Waals surface area contributed by atoms with Gasteiger partial charge in [-0.25, -0.2) is 4.39 Å². The van der Waals surface area contributed by atoms with E-state index in [1.165, 1.54) is 18.4 Å². The molecule has 0 heterocycles. The molecular weight excluding hydrogens is 237 g/mol. The Bertz CT molecular complexity index is 374. The lowest BCUT2D eigenvalue weighted by atomic mass is 9.95. The van der Waals surface area contributed by atoms with Crippen LogP contribution in [0.2, 0.25) is 0 Å². The maximum Gasteiger partial charge on any atom is 0.123 e. The van der Waals surface area contributed by atoms with E-state index in [0.29, 0.717) is 6.04 Å². The van der Waals surface area contributed by atoms with Crippen LogP contribution in [0.15, 0.2) is 18.2 Å². The van der Waals surface area contributed by atoms with Crippen LogP contribution < -0.4 is 5.32 Å². The van der Waals surface area contributed by atoms with Crippen LogP contribution in [0.1, 0.15) is 63.6 Å². The van der Waals surface area contributed by atoms with Crippen LogP contribution in [0.5, 0.6) is 0 Å². The van der Waals surface area contributed by atoms with Crippen molar-refractivity contribution in [1.82, 2.24) is 5.32 Å². The molecule has 0 fully saturated rings. The van der Waals surface area contributed by atoms with E-state index in [2.05, 4.69) is 26.1 Å². The fourth-order valence-electron chi connectivity index (χ4n) is 2.45. The highest BCUT2D eigenvalue weighted by Gasteiger charge is 2.13. The number of hydrogen-bond acceptors (Lipinski definition) is 1. The van der Waals surface area contributed by atoms with E-state index in [4.69, 9.17) is 0 Å². The maximum atomic E-state index is 13.2. The molecule has 0 aliphatic carbocycles. The van der Waals surface area contributed by atoms with Crippen LogP contribution in [0.25, 0.3) is 0 Å². The van der Waals surface area contributed by atoms with Crippen LogP contribution >= 0.6 is 0 Å². The van der Waals surface area contributed by atoms with Gasteiger partial charge in [0.15, 0.2) is 0 Å². The van der Waals surface area contributed by atoms with Gasteiger partial charge in [0.2, 0.25) is 0 Å². The minimum absolute atomic E-state index is 0.141. The fourth-order valence-corrected chi connectivity index (χ4v) is 2.45. The van der Waals surface area contributed by atoms with Gasteiger partial charge in [0.1, 0.15) is 5.82 Å². The van der Waals surface area contributed by atoms with E-state index < -0.39 is 0 Å². The zero-order valence-electron chi connectivity index (χ0n) is 12.8. The topological polar surface area (TPSA) is 12.0 Å². The van der Waals surface area contributed by atoms with Crippen LogP contribution in [0.3, 0.4) is 0 Å². The lowest BCUT2D eigenvalue weighted by molar-refractivity contribution is 0.446. The Morgan fingerprint density at radius 1 is 1.21 bits per heavy atom. The molecule has 0 saturated heterocycles. The second-order valence-corrected chi connectivity index (χ2v) is 5.83. The molecule has 1 N–H and O–H groups in total. The van der Waals surface area contributed by atoms with Crippen LogP contribution in [-0.2, 0) is 0 Å². The van der Waals surface area contributed by atoms with E-state index in [9.17, 15) is 4.39 Å². The third-order valence-electron chi connectivity index (χ3n) is 3.52. The van der Waals surface area contributed by atoms with Crippen LogP contribution in [-0.4, -0.2) is 6.54 Å². The van der Waals surface area contributed by atoms with Crippen molar-refractivity contribution >= 4 is 0 Å². The van der Waals surface area contributed by atoms with Gasteiger partial charge in [-0.05, 0) is 55.5 Å². The van der Waals surface area contributed by atoms with Crippen LogP contribution in [0.4, 0.5) is 4.39 Å². The molecule has 108 valence electrons. The zero-order chi connectivity index (χ0) is 14.3. The molecule has 0 aromatic heterocycles. The summed E-state index contributed by atoms with van der Waals surface area (Å²) in [6.07, 6.45) is 4.73. The number of halogens is 1. The van der Waals surface area contributed by atoms with E-state index in [-0.39, 0.29) is 5.82 Å². The summed E-state index contributed by atoms with van der Waals surface area (Å²) >= 11 is 0. The fraction of sp³-hybridized carbons (Fsp3) is 0.647. The van der Waals surface area contributed by atoms with Crippen molar-refractivity contribution in [2.45, 2.75) is 59.4 Å². The molecule has 1 rings (SSSR count). The average Bonchev–Trinajstić information content (AvgIpc) is 2.34. The van der Waals surface area contributed by atoms with Gasteiger partial charge in [0, 0.05) is 6.04 Å². The van der Waals surface area contributed by atoms with E-state index in [1.807, 2.05) is 13.0 Å². The molecule has 0 aliphatic heterocycles. The molecule has 0 spiro atoms. The molecular formula is C17H28FN. The second-order valence-electron chi connectivity index (χ2n) is 5.83. The summed E-state index contributed by atoms with van der Waals surface area (Å²) in [6, 6.07) is 5.51. The first kappa shape index (κ1) is 16.2. The minimum Gasteiger partial charge on any atom is -0.310 e. The molecule has 0 amide bonds. The molecule has 1 atom stereocenters. The third-order valence-corrected chi connectivity index (χ3v) is 3.52. The van der Waals surface area contributed by atoms with Crippen molar-refractivity contribution in [3.63, 3.8) is 0 Å². The summed E-state index contributed by atoms with van der Waals surface area (Å²) in [6.45, 7) is 9.72. The van der Waals surface area contributed by atoms with Gasteiger partial charge < -0.3 is 5.32 Å². The molecule has 0 radical (unpaired) electrons. The quantitative estimate of drug-likeness (QED) is 0.697. The Hall–Kier alpha value is -0.890. The second kappa shape index (κ2) is 8.31. The standard InChI is InChI=1S/C17H28FN/c1-5-11-19-17(8-6-7-13(2)3)16-10-9-15(18)12-14(16)4/h9-10,12-13,17,19H,5-8,11H2,1-4H3. The summed E-state index contributed by atoms with van der Waals surface area (Å²) in [7, 11) is 0. The predicted molar refractivity (Wildman–Crippen MR) is 80.9 cm³/mol. The third kappa shape index (κ3) is 5.73. The summed E-state index contributed by atoms with van der Waals surface area (Å²) in [5.41, 5.74) is 2.30. The first-order chi connectivity index (χ1) is 9.04. The normalized spacial score (nSPS) is 12.9. The number of rotatable bonds is 8. The molecule has 0 bridgehead atoms. The van der Waals surface area contributed by atoms with Gasteiger partial charge in [-0.2, -0.15) is 0 Å². The van der Waals surface area contributed by atoms with E-state index in [0.717, 1.165) is 30.9 Å². The van der Waals surface area contributed by atoms with Gasteiger partial charge in [-0.1, -0.05) is 39.7 Å². The Labute approximate surface area is 117 Å². The highest BCUT2D eigenvalue weighted by atomic mass is 19.1. The van der Waals surface area contributed by atoms with Gasteiger partial charge >= 0.3 is 0 Å². The molecule has 0 saturated carbocycles. The van der Waals surface area contributed by atoms with Gasteiger partial charge in [0.25, 0.3) is 0 Å². The van der Waals surface area contributed by atoms with Crippen molar-refractivity contribution in [2.75, 3.05) is 6.54 Å².